The summed E-state index contributed by atoms with van der Waals surface area (Å²) in [4.78, 5) is 14.8. The molecule has 1 aromatic rings. The Labute approximate surface area is 137 Å². The molecule has 0 aliphatic carbocycles. The first kappa shape index (κ1) is 19.1. The summed E-state index contributed by atoms with van der Waals surface area (Å²) in [6, 6.07) is 0.837. The van der Waals surface area contributed by atoms with Crippen molar-refractivity contribution in [2.75, 3.05) is 6.54 Å². The first-order valence-electron chi connectivity index (χ1n) is 6.67. The molecule has 1 aromatic heterocycles. The van der Waals surface area contributed by atoms with Gasteiger partial charge in [0.2, 0.25) is 0 Å². The zero-order chi connectivity index (χ0) is 17.7. The molecule has 0 saturated carbocycles. The van der Waals surface area contributed by atoms with Crippen LogP contribution in [0.15, 0.2) is 12.3 Å². The second kappa shape index (κ2) is 7.55. The van der Waals surface area contributed by atoms with Gasteiger partial charge in [-0.3, -0.25) is 0 Å². The lowest BCUT2D eigenvalue weighted by molar-refractivity contribution is -0.137. The van der Waals surface area contributed by atoms with E-state index in [0.717, 1.165) is 6.07 Å². The van der Waals surface area contributed by atoms with Crippen LogP contribution in [0.3, 0.4) is 0 Å². The Morgan fingerprint density at radius 1 is 1.39 bits per heavy atom. The van der Waals surface area contributed by atoms with Gasteiger partial charge in [-0.1, -0.05) is 23.4 Å². The Kier molecular flexibility index (Phi) is 6.28. The van der Waals surface area contributed by atoms with Crippen molar-refractivity contribution < 1.29 is 22.7 Å². The van der Waals surface area contributed by atoms with E-state index in [1.54, 1.807) is 20.8 Å². The number of amides is 1. The van der Waals surface area contributed by atoms with Crippen LogP contribution in [0.25, 0.3) is 0 Å². The van der Waals surface area contributed by atoms with Gasteiger partial charge in [-0.15, -0.1) is 0 Å². The molecule has 4 nitrogen and oxygen atoms in total. The Hall–Kier alpha value is -1.94. The molecule has 0 spiro atoms. The topological polar surface area (TPSA) is 51.2 Å². The summed E-state index contributed by atoms with van der Waals surface area (Å²) in [7, 11) is 0. The Bertz CT molecular complexity index is 628. The Morgan fingerprint density at radius 3 is 2.61 bits per heavy atom. The molecule has 126 valence electrons. The fourth-order valence-corrected chi connectivity index (χ4v) is 1.54. The number of rotatable bonds is 2. The van der Waals surface area contributed by atoms with Gasteiger partial charge >= 0.3 is 12.3 Å². The summed E-state index contributed by atoms with van der Waals surface area (Å²) < 4.78 is 42.7. The minimum atomic E-state index is -4.51. The fourth-order valence-electron chi connectivity index (χ4n) is 1.39. The lowest BCUT2D eigenvalue weighted by atomic mass is 10.2. The summed E-state index contributed by atoms with van der Waals surface area (Å²) >= 11 is 5.71. The second-order valence-corrected chi connectivity index (χ2v) is 5.90. The molecule has 8 heteroatoms. The minimum Gasteiger partial charge on any atom is -0.444 e. The van der Waals surface area contributed by atoms with E-state index in [1.165, 1.54) is 0 Å². The number of hydrogen-bond donors (Lipinski definition) is 1. The second-order valence-electron chi connectivity index (χ2n) is 5.54. The molecule has 0 aromatic carbocycles. The Balaban J connectivity index is 2.59. The number of carbonyl (C=O) groups is 1. The van der Waals surface area contributed by atoms with Crippen LogP contribution >= 0.6 is 11.6 Å². The molecule has 1 heterocycles. The maximum Gasteiger partial charge on any atom is 0.417 e. The predicted molar refractivity (Wildman–Crippen MR) is 80.0 cm³/mol. The van der Waals surface area contributed by atoms with Crippen molar-refractivity contribution in [1.82, 2.24) is 10.3 Å². The molecule has 0 unspecified atom stereocenters. The van der Waals surface area contributed by atoms with Gasteiger partial charge < -0.3 is 10.1 Å². The lowest BCUT2D eigenvalue weighted by Gasteiger charge is -2.19. The molecule has 1 rings (SSSR count). The van der Waals surface area contributed by atoms with Gasteiger partial charge in [0.25, 0.3) is 0 Å². The minimum absolute atomic E-state index is 0.0150. The molecule has 0 atom stereocenters. The molecule has 1 N–H and O–H groups in total. The quantitative estimate of drug-likeness (QED) is 0.499. The van der Waals surface area contributed by atoms with Crippen molar-refractivity contribution in [2.45, 2.75) is 39.0 Å². The monoisotopic (exact) mass is 348 g/mol. The van der Waals surface area contributed by atoms with E-state index in [2.05, 4.69) is 22.1 Å². The maximum atomic E-state index is 12.6. The van der Waals surface area contributed by atoms with Crippen LogP contribution in [0.4, 0.5) is 18.0 Å². The zero-order valence-corrected chi connectivity index (χ0v) is 13.6. The molecule has 0 saturated heterocycles. The van der Waals surface area contributed by atoms with Crippen molar-refractivity contribution in [1.29, 1.82) is 0 Å². The first-order valence-corrected chi connectivity index (χ1v) is 7.05. The van der Waals surface area contributed by atoms with Gasteiger partial charge in [-0.2, -0.15) is 13.2 Å². The highest BCUT2D eigenvalue weighted by atomic mass is 35.5. The van der Waals surface area contributed by atoms with Crippen LogP contribution < -0.4 is 5.32 Å². The predicted octanol–water partition coefficient (Wildman–Crippen LogP) is 4.02. The summed E-state index contributed by atoms with van der Waals surface area (Å²) in [5, 5.41) is 2.38. The standard InChI is InChI=1S/C15H16ClF3N2O2/c1-14(2,3)23-13(22)20-7-5-4-6-10-8-11(15(17,18)19)9-21-12(10)16/h8-9H,5,7H2,1-3H3,(H,20,22). The average molecular weight is 349 g/mol. The molecule has 0 radical (unpaired) electrons. The summed E-state index contributed by atoms with van der Waals surface area (Å²) in [6.45, 7) is 5.39. The third-order valence-corrected chi connectivity index (χ3v) is 2.61. The molecule has 0 aliphatic heterocycles. The van der Waals surface area contributed by atoms with E-state index >= 15 is 0 Å². The van der Waals surface area contributed by atoms with Gasteiger partial charge in [-0.05, 0) is 26.8 Å². The molecule has 1 amide bonds. The van der Waals surface area contributed by atoms with E-state index in [0.29, 0.717) is 6.20 Å². The number of hydrogen-bond acceptors (Lipinski definition) is 3. The number of pyridine rings is 1. The molecule has 0 aliphatic rings. The van der Waals surface area contributed by atoms with E-state index in [-0.39, 0.29) is 23.7 Å². The van der Waals surface area contributed by atoms with Gasteiger partial charge in [0.05, 0.1) is 11.1 Å². The number of alkyl halides is 3. The third-order valence-electron chi connectivity index (χ3n) is 2.31. The summed E-state index contributed by atoms with van der Waals surface area (Å²) in [5.74, 6) is 5.14. The normalized spacial score (nSPS) is 11.4. The number of nitrogens with one attached hydrogen (secondary N) is 1. The average Bonchev–Trinajstić information content (AvgIpc) is 2.36. The summed E-state index contributed by atoms with van der Waals surface area (Å²) in [5.41, 5.74) is -1.54. The van der Waals surface area contributed by atoms with E-state index in [1.807, 2.05) is 0 Å². The fraction of sp³-hybridized carbons (Fsp3) is 0.467. The van der Waals surface area contributed by atoms with E-state index < -0.39 is 23.4 Å². The number of nitrogens with zero attached hydrogens (tertiary/aromatic N) is 1. The SMILES string of the molecule is CC(C)(C)OC(=O)NCCC#Cc1cc(C(F)(F)F)cnc1Cl. The molecule has 0 fully saturated rings. The number of ether oxygens (including phenoxy) is 1. The summed E-state index contributed by atoms with van der Waals surface area (Å²) in [6.07, 6.45) is -4.21. The molecular weight excluding hydrogens is 333 g/mol. The third kappa shape index (κ3) is 7.24. The van der Waals surface area contributed by atoms with Crippen molar-refractivity contribution in [2.24, 2.45) is 0 Å². The van der Waals surface area contributed by atoms with Crippen LogP contribution in [-0.2, 0) is 10.9 Å². The highest BCUT2D eigenvalue weighted by molar-refractivity contribution is 6.30. The van der Waals surface area contributed by atoms with E-state index in [9.17, 15) is 18.0 Å². The Morgan fingerprint density at radius 2 is 2.04 bits per heavy atom. The van der Waals surface area contributed by atoms with Crippen LogP contribution in [-0.4, -0.2) is 23.2 Å². The number of halogens is 4. The largest absolute Gasteiger partial charge is 0.444 e. The van der Waals surface area contributed by atoms with Gasteiger partial charge in [0.15, 0.2) is 0 Å². The van der Waals surface area contributed by atoms with Gasteiger partial charge in [-0.25, -0.2) is 9.78 Å². The first-order chi connectivity index (χ1) is 10.5. The molecule has 23 heavy (non-hydrogen) atoms. The van der Waals surface area contributed by atoms with Crippen molar-refractivity contribution in [3.63, 3.8) is 0 Å². The van der Waals surface area contributed by atoms with Crippen LogP contribution in [0.2, 0.25) is 5.15 Å². The van der Waals surface area contributed by atoms with Gasteiger partial charge in [0.1, 0.15) is 10.8 Å². The maximum absolute atomic E-state index is 12.6. The zero-order valence-electron chi connectivity index (χ0n) is 12.8. The highest BCUT2D eigenvalue weighted by Gasteiger charge is 2.31. The number of carbonyl (C=O) groups excluding carboxylic acids is 1. The molecule has 0 bridgehead atoms. The number of alkyl carbamates (subject to hydrolysis) is 1. The van der Waals surface area contributed by atoms with Crippen molar-refractivity contribution >= 4 is 17.7 Å². The van der Waals surface area contributed by atoms with Crippen LogP contribution in [0, 0.1) is 11.8 Å². The van der Waals surface area contributed by atoms with Crippen molar-refractivity contribution in [3.8, 4) is 11.8 Å². The smallest absolute Gasteiger partial charge is 0.417 e. The van der Waals surface area contributed by atoms with Crippen LogP contribution in [0.1, 0.15) is 38.3 Å². The van der Waals surface area contributed by atoms with Crippen LogP contribution in [0.5, 0.6) is 0 Å². The van der Waals surface area contributed by atoms with Gasteiger partial charge in [0, 0.05) is 19.2 Å². The van der Waals surface area contributed by atoms with E-state index in [4.69, 9.17) is 16.3 Å². The van der Waals surface area contributed by atoms with Crippen molar-refractivity contribution in [3.05, 3.63) is 28.5 Å². The molecular formula is C15H16ClF3N2O2. The lowest BCUT2D eigenvalue weighted by Crippen LogP contribution is -2.32. The highest BCUT2D eigenvalue weighted by Crippen LogP contribution is 2.30. The number of aromatic nitrogens is 1.